The summed E-state index contributed by atoms with van der Waals surface area (Å²) in [6.45, 7) is 2.07. The smallest absolute Gasteiger partial charge is 0.270 e. The van der Waals surface area contributed by atoms with E-state index in [1.807, 2.05) is 12.1 Å². The Morgan fingerprint density at radius 3 is 2.61 bits per heavy atom. The number of hydrogen-bond acceptors (Lipinski definition) is 5. The molecule has 31 heavy (non-hydrogen) atoms. The normalized spacial score (nSPS) is 10.9. The number of anilines is 1. The van der Waals surface area contributed by atoms with Gasteiger partial charge in [-0.3, -0.25) is 14.9 Å². The third kappa shape index (κ3) is 4.30. The van der Waals surface area contributed by atoms with Gasteiger partial charge in [0, 0.05) is 23.4 Å². The number of aromatic nitrogens is 1. The first-order valence-electron chi connectivity index (χ1n) is 9.30. The Bertz CT molecular complexity index is 1320. The van der Waals surface area contributed by atoms with Crippen molar-refractivity contribution in [1.29, 1.82) is 0 Å². The number of carbonyl (C=O) groups is 1. The lowest BCUT2D eigenvalue weighted by molar-refractivity contribution is -0.384. The molecular weight excluding hydrogens is 486 g/mol. The summed E-state index contributed by atoms with van der Waals surface area (Å²) in [6, 6.07) is 14.6. The number of nitrogens with zero attached hydrogens (tertiary/aromatic N) is 2. The predicted molar refractivity (Wildman–Crippen MR) is 123 cm³/mol. The highest BCUT2D eigenvalue weighted by Gasteiger charge is 2.17. The molecule has 3 aromatic carbocycles. The van der Waals surface area contributed by atoms with E-state index in [0.717, 1.165) is 33.6 Å². The Kier molecular flexibility index (Phi) is 5.75. The Balaban J connectivity index is 1.57. The van der Waals surface area contributed by atoms with Gasteiger partial charge in [-0.2, -0.15) is 0 Å². The molecule has 9 heteroatoms. The maximum atomic E-state index is 12.5. The van der Waals surface area contributed by atoms with Crippen molar-refractivity contribution < 1.29 is 14.1 Å². The predicted octanol–water partition coefficient (Wildman–Crippen LogP) is 6.63. The van der Waals surface area contributed by atoms with Gasteiger partial charge >= 0.3 is 0 Å². The van der Waals surface area contributed by atoms with Crippen LogP contribution in [-0.2, 0) is 6.42 Å². The summed E-state index contributed by atoms with van der Waals surface area (Å²) in [7, 11) is 0. The number of halogens is 2. The van der Waals surface area contributed by atoms with Gasteiger partial charge in [0.2, 0.25) is 5.89 Å². The first-order valence-corrected chi connectivity index (χ1v) is 10.5. The molecule has 4 aromatic rings. The van der Waals surface area contributed by atoms with Crippen molar-refractivity contribution in [2.24, 2.45) is 0 Å². The lowest BCUT2D eigenvalue weighted by Gasteiger charge is -2.07. The third-order valence-corrected chi connectivity index (χ3v) is 5.63. The van der Waals surface area contributed by atoms with Gasteiger partial charge in [-0.15, -0.1) is 0 Å². The number of fused-ring (bicyclic) bond motifs is 1. The third-order valence-electron chi connectivity index (χ3n) is 4.71. The highest BCUT2D eigenvalue weighted by molar-refractivity contribution is 9.10. The molecule has 0 radical (unpaired) electrons. The summed E-state index contributed by atoms with van der Waals surface area (Å²) in [4.78, 5) is 27.5. The number of nitro benzene ring substituents is 1. The number of non-ortho nitro benzene ring substituents is 1. The molecule has 0 saturated heterocycles. The van der Waals surface area contributed by atoms with E-state index in [-0.39, 0.29) is 16.3 Å². The molecule has 1 heterocycles. The average molecular weight is 501 g/mol. The highest BCUT2D eigenvalue weighted by atomic mass is 79.9. The van der Waals surface area contributed by atoms with Gasteiger partial charge in [-0.1, -0.05) is 18.5 Å². The maximum Gasteiger partial charge on any atom is 0.270 e. The molecule has 0 aliphatic carbocycles. The van der Waals surface area contributed by atoms with Crippen LogP contribution in [0.3, 0.4) is 0 Å². The zero-order valence-corrected chi connectivity index (χ0v) is 18.5. The van der Waals surface area contributed by atoms with Crippen molar-refractivity contribution in [3.63, 3.8) is 0 Å². The van der Waals surface area contributed by atoms with Gasteiger partial charge < -0.3 is 9.73 Å². The molecule has 0 saturated carbocycles. The molecule has 0 spiro atoms. The highest BCUT2D eigenvalue weighted by Crippen LogP contribution is 2.31. The first-order chi connectivity index (χ1) is 14.9. The van der Waals surface area contributed by atoms with E-state index in [4.69, 9.17) is 16.0 Å². The van der Waals surface area contributed by atoms with Crippen molar-refractivity contribution in [2.45, 2.75) is 13.3 Å². The molecule has 7 nitrogen and oxygen atoms in total. The van der Waals surface area contributed by atoms with Gasteiger partial charge in [0.05, 0.1) is 20.0 Å². The zero-order chi connectivity index (χ0) is 22.1. The van der Waals surface area contributed by atoms with Crippen LogP contribution in [-0.4, -0.2) is 15.8 Å². The SMILES string of the molecule is CCc1cc(Br)c2oc(-c3ccc(NC(=O)c4cc([N+](=O)[O-])ccc4Cl)cc3)nc2c1. The fraction of sp³-hybridized carbons (Fsp3) is 0.0909. The Hall–Kier alpha value is -3.23. The maximum absolute atomic E-state index is 12.5. The van der Waals surface area contributed by atoms with Gasteiger partial charge in [0.1, 0.15) is 5.52 Å². The molecule has 156 valence electrons. The number of amides is 1. The van der Waals surface area contributed by atoms with Gasteiger partial charge in [-0.25, -0.2) is 4.98 Å². The second kappa shape index (κ2) is 8.49. The zero-order valence-electron chi connectivity index (χ0n) is 16.2. The number of hydrogen-bond donors (Lipinski definition) is 1. The second-order valence-electron chi connectivity index (χ2n) is 6.75. The molecule has 0 aliphatic rings. The van der Waals surface area contributed by atoms with Crippen LogP contribution < -0.4 is 5.32 Å². The quantitative estimate of drug-likeness (QED) is 0.245. The van der Waals surface area contributed by atoms with Crippen molar-refractivity contribution >= 4 is 55.9 Å². The van der Waals surface area contributed by atoms with E-state index in [2.05, 4.69) is 33.2 Å². The van der Waals surface area contributed by atoms with Crippen LogP contribution in [0.15, 0.2) is 63.5 Å². The van der Waals surface area contributed by atoms with Crippen molar-refractivity contribution in [2.75, 3.05) is 5.32 Å². The molecule has 1 N–H and O–H groups in total. The van der Waals surface area contributed by atoms with Gasteiger partial charge in [0.25, 0.3) is 11.6 Å². The van der Waals surface area contributed by atoms with E-state index in [9.17, 15) is 14.9 Å². The van der Waals surface area contributed by atoms with Crippen molar-refractivity contribution in [1.82, 2.24) is 4.98 Å². The molecule has 4 rings (SSSR count). The molecular formula is C22H15BrClN3O4. The molecule has 0 aliphatic heterocycles. The summed E-state index contributed by atoms with van der Waals surface area (Å²) < 4.78 is 6.75. The molecule has 1 aromatic heterocycles. The summed E-state index contributed by atoms with van der Waals surface area (Å²) in [5.74, 6) is -0.0807. The summed E-state index contributed by atoms with van der Waals surface area (Å²) in [5.41, 5.74) is 3.64. The summed E-state index contributed by atoms with van der Waals surface area (Å²) in [6.07, 6.45) is 0.889. The van der Waals surface area contributed by atoms with Gasteiger partial charge in [-0.05, 0) is 70.4 Å². The minimum atomic E-state index is -0.579. The second-order valence-corrected chi connectivity index (χ2v) is 8.01. The fourth-order valence-electron chi connectivity index (χ4n) is 3.07. The standard InChI is InChI=1S/C22H15BrClN3O4/c1-2-12-9-17(23)20-19(10-12)26-22(31-20)13-3-5-14(6-4-13)25-21(28)16-11-15(27(29)30)7-8-18(16)24/h3-11H,2H2,1H3,(H,25,28). The van der Waals surface area contributed by atoms with Crippen molar-refractivity contribution in [3.8, 4) is 11.5 Å². The van der Waals surface area contributed by atoms with Crippen molar-refractivity contribution in [3.05, 3.63) is 85.3 Å². The Labute approximate surface area is 190 Å². The lowest BCUT2D eigenvalue weighted by atomic mass is 10.1. The van der Waals surface area contributed by atoms with Crippen LogP contribution >= 0.6 is 27.5 Å². The number of benzene rings is 3. The van der Waals surface area contributed by atoms with Crippen LogP contribution in [0.1, 0.15) is 22.8 Å². The monoisotopic (exact) mass is 499 g/mol. The van der Waals surface area contributed by atoms with E-state index in [1.165, 1.54) is 12.1 Å². The molecule has 0 atom stereocenters. The van der Waals surface area contributed by atoms with Gasteiger partial charge in [0.15, 0.2) is 5.58 Å². The number of aryl methyl sites for hydroxylation is 1. The van der Waals surface area contributed by atoms with E-state index in [0.29, 0.717) is 17.2 Å². The number of nitrogens with one attached hydrogen (secondary N) is 1. The van der Waals surface area contributed by atoms with Crippen LogP contribution in [0.2, 0.25) is 5.02 Å². The Morgan fingerprint density at radius 1 is 1.19 bits per heavy atom. The number of nitro groups is 1. The fourth-order valence-corrected chi connectivity index (χ4v) is 3.85. The van der Waals surface area contributed by atoms with Crippen LogP contribution in [0.5, 0.6) is 0 Å². The molecule has 0 unspecified atom stereocenters. The average Bonchev–Trinajstić information content (AvgIpc) is 3.19. The largest absolute Gasteiger partial charge is 0.435 e. The topological polar surface area (TPSA) is 98.3 Å². The van der Waals surface area contributed by atoms with E-state index in [1.54, 1.807) is 24.3 Å². The number of rotatable bonds is 5. The summed E-state index contributed by atoms with van der Waals surface area (Å²) in [5, 5.41) is 13.8. The number of oxazole rings is 1. The van der Waals surface area contributed by atoms with E-state index < -0.39 is 10.8 Å². The summed E-state index contributed by atoms with van der Waals surface area (Å²) >= 11 is 9.55. The number of carbonyl (C=O) groups excluding carboxylic acids is 1. The molecule has 1 amide bonds. The van der Waals surface area contributed by atoms with Crippen LogP contribution in [0.25, 0.3) is 22.6 Å². The Morgan fingerprint density at radius 2 is 1.94 bits per heavy atom. The van der Waals surface area contributed by atoms with Crippen LogP contribution in [0.4, 0.5) is 11.4 Å². The molecule has 0 bridgehead atoms. The molecule has 0 fully saturated rings. The lowest BCUT2D eigenvalue weighted by Crippen LogP contribution is -2.12. The van der Waals surface area contributed by atoms with Crippen LogP contribution in [0, 0.1) is 10.1 Å². The minimum Gasteiger partial charge on any atom is -0.435 e. The van der Waals surface area contributed by atoms with E-state index >= 15 is 0 Å². The first kappa shape index (κ1) is 21.0. The minimum absolute atomic E-state index is 0.0236.